The molecule has 14 heavy (non-hydrogen) atoms. The van der Waals surface area contributed by atoms with E-state index in [0.29, 0.717) is 13.2 Å². The zero-order chi connectivity index (χ0) is 10.1. The Bertz CT molecular complexity index is 264. The predicted molar refractivity (Wildman–Crippen MR) is 49.7 cm³/mol. The number of carbonyl (C=O) groups is 2. The summed E-state index contributed by atoms with van der Waals surface area (Å²) in [4.78, 5) is 25.4. The fourth-order valence-electron chi connectivity index (χ4n) is 2.30. The number of hydrogen-bond donors (Lipinski definition) is 0. The topological polar surface area (TPSA) is 46.6 Å². The maximum absolute atomic E-state index is 11.8. The van der Waals surface area contributed by atoms with Crippen LogP contribution in [0.5, 0.6) is 0 Å². The van der Waals surface area contributed by atoms with Crippen LogP contribution in [0.3, 0.4) is 0 Å². The molecule has 4 heteroatoms. The van der Waals surface area contributed by atoms with Crippen molar-refractivity contribution in [2.75, 3.05) is 26.2 Å². The van der Waals surface area contributed by atoms with Gasteiger partial charge >= 0.3 is 5.97 Å². The molecule has 2 heterocycles. The van der Waals surface area contributed by atoms with Crippen molar-refractivity contribution in [3.05, 3.63) is 0 Å². The van der Waals surface area contributed by atoms with Crippen LogP contribution in [0.1, 0.15) is 13.3 Å². The number of ether oxygens (including phenoxy) is 1. The van der Waals surface area contributed by atoms with E-state index in [2.05, 4.69) is 4.90 Å². The van der Waals surface area contributed by atoms with E-state index in [4.69, 9.17) is 4.74 Å². The van der Waals surface area contributed by atoms with Gasteiger partial charge in [0, 0.05) is 19.0 Å². The Balaban J connectivity index is 2.05. The smallest absolute Gasteiger partial charge is 0.317 e. The molecule has 0 N–H and O–H groups in total. The molecule has 2 aliphatic rings. The number of hydrogen-bond acceptors (Lipinski definition) is 4. The summed E-state index contributed by atoms with van der Waals surface area (Å²) in [6.07, 6.45) is 0.911. The molecule has 2 aliphatic heterocycles. The van der Waals surface area contributed by atoms with Crippen molar-refractivity contribution in [3.8, 4) is 0 Å². The van der Waals surface area contributed by atoms with Gasteiger partial charge in [0.2, 0.25) is 0 Å². The van der Waals surface area contributed by atoms with Gasteiger partial charge in [0.05, 0.1) is 6.61 Å². The lowest BCUT2D eigenvalue weighted by Crippen LogP contribution is -2.44. The lowest BCUT2D eigenvalue weighted by molar-refractivity contribution is -0.154. The van der Waals surface area contributed by atoms with Gasteiger partial charge in [0.1, 0.15) is 5.92 Å². The highest BCUT2D eigenvalue weighted by atomic mass is 16.5. The van der Waals surface area contributed by atoms with Crippen molar-refractivity contribution >= 4 is 11.8 Å². The fourth-order valence-corrected chi connectivity index (χ4v) is 2.30. The largest absolute Gasteiger partial charge is 0.465 e. The minimum atomic E-state index is -0.517. The maximum atomic E-state index is 11.8. The highest BCUT2D eigenvalue weighted by molar-refractivity contribution is 6.01. The van der Waals surface area contributed by atoms with E-state index in [1.807, 2.05) is 0 Å². The normalized spacial score (nSPS) is 35.8. The maximum Gasteiger partial charge on any atom is 0.317 e. The van der Waals surface area contributed by atoms with Crippen molar-refractivity contribution in [2.45, 2.75) is 13.3 Å². The summed E-state index contributed by atoms with van der Waals surface area (Å²) in [6.45, 7) is 4.47. The Morgan fingerprint density at radius 2 is 2.36 bits per heavy atom. The molecule has 0 aromatic carbocycles. The molecule has 0 spiro atoms. The minimum Gasteiger partial charge on any atom is -0.465 e. The lowest BCUT2D eigenvalue weighted by atomic mass is 9.90. The van der Waals surface area contributed by atoms with E-state index < -0.39 is 5.92 Å². The van der Waals surface area contributed by atoms with Gasteiger partial charge < -0.3 is 9.64 Å². The molecule has 2 fully saturated rings. The minimum absolute atomic E-state index is 0.0816. The number of ketones is 1. The Kier molecular flexibility index (Phi) is 2.54. The van der Waals surface area contributed by atoms with Crippen molar-refractivity contribution in [1.82, 2.24) is 4.90 Å². The molecule has 3 unspecified atom stereocenters. The number of nitrogens with zero attached hydrogens (tertiary/aromatic N) is 1. The average Bonchev–Trinajstić information content (AvgIpc) is 2.56. The van der Waals surface area contributed by atoms with E-state index in [1.165, 1.54) is 0 Å². The first-order chi connectivity index (χ1) is 6.72. The van der Waals surface area contributed by atoms with Crippen molar-refractivity contribution in [3.63, 3.8) is 0 Å². The third kappa shape index (κ3) is 1.54. The zero-order valence-corrected chi connectivity index (χ0v) is 8.36. The molecule has 0 radical (unpaired) electrons. The molecular formula is C10H15NO3. The van der Waals surface area contributed by atoms with E-state index in [1.54, 1.807) is 6.92 Å². The average molecular weight is 197 g/mol. The van der Waals surface area contributed by atoms with E-state index >= 15 is 0 Å². The Morgan fingerprint density at radius 1 is 1.57 bits per heavy atom. The van der Waals surface area contributed by atoms with Crippen LogP contribution in [0.4, 0.5) is 0 Å². The van der Waals surface area contributed by atoms with E-state index in [9.17, 15) is 9.59 Å². The summed E-state index contributed by atoms with van der Waals surface area (Å²) in [7, 11) is 0. The highest BCUT2D eigenvalue weighted by Crippen LogP contribution is 2.27. The fraction of sp³-hybridized carbons (Fsp3) is 0.800. The van der Waals surface area contributed by atoms with Crippen molar-refractivity contribution in [2.24, 2.45) is 11.8 Å². The summed E-state index contributed by atoms with van der Waals surface area (Å²) in [5, 5.41) is 0. The molecule has 0 aromatic rings. The SMILES string of the molecule is CCOC(=O)C1CN2CCC(C2)C1=O. The number of Topliss-reactive ketones (excluding diaryl/α,β-unsaturated/α-hetero) is 1. The standard InChI is InChI=1S/C10H15NO3/c1-2-14-10(13)8-6-11-4-3-7(5-11)9(8)12/h7-8H,2-6H2,1H3. The second kappa shape index (κ2) is 3.69. The summed E-state index contributed by atoms with van der Waals surface area (Å²) < 4.78 is 4.89. The van der Waals surface area contributed by atoms with E-state index in [0.717, 1.165) is 19.5 Å². The number of piperidine rings is 1. The van der Waals surface area contributed by atoms with Gasteiger partial charge in [-0.15, -0.1) is 0 Å². The summed E-state index contributed by atoms with van der Waals surface area (Å²) in [6, 6.07) is 0. The van der Waals surface area contributed by atoms with Crippen LogP contribution in [0.25, 0.3) is 0 Å². The Morgan fingerprint density at radius 3 is 3.07 bits per heavy atom. The lowest BCUT2D eigenvalue weighted by Gasteiger charge is -2.27. The molecule has 2 saturated heterocycles. The van der Waals surface area contributed by atoms with Crippen LogP contribution in [-0.4, -0.2) is 42.9 Å². The molecule has 3 atom stereocenters. The van der Waals surface area contributed by atoms with Crippen LogP contribution in [0, 0.1) is 11.8 Å². The van der Waals surface area contributed by atoms with Crippen molar-refractivity contribution in [1.29, 1.82) is 0 Å². The molecule has 0 aliphatic carbocycles. The van der Waals surface area contributed by atoms with Gasteiger partial charge in [0.15, 0.2) is 5.78 Å². The quantitative estimate of drug-likeness (QED) is 0.464. The first-order valence-corrected chi connectivity index (χ1v) is 5.15. The summed E-state index contributed by atoms with van der Waals surface area (Å²) in [5.41, 5.74) is 0. The number of carbonyl (C=O) groups excluding carboxylic acids is 2. The second-order valence-corrected chi connectivity index (χ2v) is 3.95. The second-order valence-electron chi connectivity index (χ2n) is 3.95. The van der Waals surface area contributed by atoms with E-state index in [-0.39, 0.29) is 17.7 Å². The Labute approximate surface area is 83.2 Å². The molecule has 2 rings (SSSR count). The van der Waals surface area contributed by atoms with Gasteiger partial charge in [-0.05, 0) is 19.9 Å². The van der Waals surface area contributed by atoms with Gasteiger partial charge in [-0.25, -0.2) is 0 Å². The molecule has 4 nitrogen and oxygen atoms in total. The van der Waals surface area contributed by atoms with Crippen LogP contribution < -0.4 is 0 Å². The van der Waals surface area contributed by atoms with Gasteiger partial charge in [-0.2, -0.15) is 0 Å². The van der Waals surface area contributed by atoms with Crippen LogP contribution >= 0.6 is 0 Å². The third-order valence-corrected chi connectivity index (χ3v) is 3.03. The number of fused-ring (bicyclic) bond motifs is 2. The molecular weight excluding hydrogens is 182 g/mol. The molecule has 2 bridgehead atoms. The zero-order valence-electron chi connectivity index (χ0n) is 8.36. The summed E-state index contributed by atoms with van der Waals surface area (Å²) >= 11 is 0. The molecule has 0 saturated carbocycles. The third-order valence-electron chi connectivity index (χ3n) is 3.03. The van der Waals surface area contributed by atoms with Crippen LogP contribution in [-0.2, 0) is 14.3 Å². The first kappa shape index (κ1) is 9.65. The Hall–Kier alpha value is -0.900. The van der Waals surface area contributed by atoms with Crippen molar-refractivity contribution < 1.29 is 14.3 Å². The molecule has 78 valence electrons. The highest BCUT2D eigenvalue weighted by Gasteiger charge is 2.43. The first-order valence-electron chi connectivity index (χ1n) is 5.15. The monoisotopic (exact) mass is 197 g/mol. The van der Waals surface area contributed by atoms with Gasteiger partial charge in [-0.1, -0.05) is 0 Å². The predicted octanol–water partition coefficient (Wildman–Crippen LogP) is 0.0703. The van der Waals surface area contributed by atoms with Crippen LogP contribution in [0.15, 0.2) is 0 Å². The van der Waals surface area contributed by atoms with Gasteiger partial charge in [-0.3, -0.25) is 9.59 Å². The number of esters is 1. The number of rotatable bonds is 2. The molecule has 0 aromatic heterocycles. The van der Waals surface area contributed by atoms with Crippen LogP contribution in [0.2, 0.25) is 0 Å². The summed E-state index contributed by atoms with van der Waals surface area (Å²) in [5.74, 6) is -0.680. The molecule has 0 amide bonds. The van der Waals surface area contributed by atoms with Gasteiger partial charge in [0.25, 0.3) is 0 Å².